The summed E-state index contributed by atoms with van der Waals surface area (Å²) in [4.78, 5) is 32.1. The van der Waals surface area contributed by atoms with Crippen LogP contribution in [0.3, 0.4) is 0 Å². The number of fused-ring (bicyclic) bond motifs is 2. The van der Waals surface area contributed by atoms with E-state index in [0.29, 0.717) is 35.5 Å². The van der Waals surface area contributed by atoms with E-state index in [4.69, 9.17) is 5.21 Å². The number of para-hydroxylation sites is 1. The quantitative estimate of drug-likeness (QED) is 0.548. The number of amides is 2. The SMILES string of the molecule is O=C(NO)c1cc2c(s1)CN(C(=O)c1cccc3cccnc13)CC2. The van der Waals surface area contributed by atoms with Crippen LogP contribution in [0.15, 0.2) is 42.6 Å². The van der Waals surface area contributed by atoms with Crippen molar-refractivity contribution in [2.24, 2.45) is 0 Å². The molecule has 0 atom stereocenters. The summed E-state index contributed by atoms with van der Waals surface area (Å²) in [5, 5.41) is 9.71. The summed E-state index contributed by atoms with van der Waals surface area (Å²) >= 11 is 1.31. The third kappa shape index (κ3) is 2.77. The maximum atomic E-state index is 13.0. The zero-order valence-corrected chi connectivity index (χ0v) is 14.0. The molecule has 6 nitrogen and oxygen atoms in total. The summed E-state index contributed by atoms with van der Waals surface area (Å²) in [5.41, 5.74) is 4.00. The largest absolute Gasteiger partial charge is 0.333 e. The lowest BCUT2D eigenvalue weighted by atomic mass is 10.0. The number of aromatic nitrogens is 1. The van der Waals surface area contributed by atoms with Crippen molar-refractivity contribution in [2.45, 2.75) is 13.0 Å². The zero-order chi connectivity index (χ0) is 17.4. The number of rotatable bonds is 2. The number of hydrogen-bond donors (Lipinski definition) is 2. The van der Waals surface area contributed by atoms with Crippen molar-refractivity contribution in [3.63, 3.8) is 0 Å². The number of carbonyl (C=O) groups excluding carboxylic acids is 2. The molecule has 2 aromatic heterocycles. The lowest BCUT2D eigenvalue weighted by Crippen LogP contribution is -2.35. The van der Waals surface area contributed by atoms with E-state index < -0.39 is 5.91 Å². The highest BCUT2D eigenvalue weighted by atomic mass is 32.1. The number of nitrogens with one attached hydrogen (secondary N) is 1. The minimum Gasteiger partial charge on any atom is -0.333 e. The Morgan fingerprint density at radius 3 is 2.92 bits per heavy atom. The van der Waals surface area contributed by atoms with E-state index in [-0.39, 0.29) is 5.91 Å². The molecule has 1 aromatic carbocycles. The fraction of sp³-hybridized carbons (Fsp3) is 0.167. The van der Waals surface area contributed by atoms with Crippen molar-refractivity contribution < 1.29 is 14.8 Å². The maximum Gasteiger partial charge on any atom is 0.284 e. The molecule has 0 saturated heterocycles. The van der Waals surface area contributed by atoms with Crippen molar-refractivity contribution in [2.75, 3.05) is 6.54 Å². The van der Waals surface area contributed by atoms with Crippen molar-refractivity contribution in [3.8, 4) is 0 Å². The lowest BCUT2D eigenvalue weighted by Gasteiger charge is -2.27. The molecule has 3 aromatic rings. The third-order valence-corrected chi connectivity index (χ3v) is 5.52. The average molecular weight is 353 g/mol. The molecule has 4 rings (SSSR count). The molecule has 2 amide bonds. The van der Waals surface area contributed by atoms with Crippen molar-refractivity contribution in [1.29, 1.82) is 0 Å². The Balaban J connectivity index is 1.64. The first-order valence-corrected chi connectivity index (χ1v) is 8.68. The van der Waals surface area contributed by atoms with Gasteiger partial charge >= 0.3 is 0 Å². The predicted molar refractivity (Wildman–Crippen MR) is 93.8 cm³/mol. The third-order valence-electron chi connectivity index (χ3n) is 4.36. The number of hydrogen-bond acceptors (Lipinski definition) is 5. The molecule has 0 fully saturated rings. The molecule has 0 aliphatic carbocycles. The molecule has 0 saturated carbocycles. The van der Waals surface area contributed by atoms with Gasteiger partial charge in [-0.2, -0.15) is 0 Å². The summed E-state index contributed by atoms with van der Waals surface area (Å²) in [6, 6.07) is 11.2. The Bertz CT molecular complexity index is 977. The Kier molecular flexibility index (Phi) is 3.95. The molecule has 0 radical (unpaired) electrons. The predicted octanol–water partition coefficient (Wildman–Crippen LogP) is 2.61. The zero-order valence-electron chi connectivity index (χ0n) is 13.2. The normalized spacial score (nSPS) is 13.6. The minimum atomic E-state index is -0.518. The van der Waals surface area contributed by atoms with Crippen molar-refractivity contribution >= 4 is 34.1 Å². The molecule has 7 heteroatoms. The van der Waals surface area contributed by atoms with Crippen LogP contribution in [0, 0.1) is 0 Å². The van der Waals surface area contributed by atoms with E-state index in [1.807, 2.05) is 24.3 Å². The number of benzene rings is 1. The van der Waals surface area contributed by atoms with Gasteiger partial charge in [-0.15, -0.1) is 11.3 Å². The molecule has 3 heterocycles. The molecule has 25 heavy (non-hydrogen) atoms. The van der Waals surface area contributed by atoms with Crippen molar-refractivity contribution in [1.82, 2.24) is 15.4 Å². The van der Waals surface area contributed by atoms with Crippen LogP contribution in [-0.4, -0.2) is 33.5 Å². The van der Waals surface area contributed by atoms with Gasteiger partial charge in [0, 0.05) is 23.0 Å². The molecular weight excluding hydrogens is 338 g/mol. The van der Waals surface area contributed by atoms with E-state index in [2.05, 4.69) is 4.98 Å². The fourth-order valence-electron chi connectivity index (χ4n) is 3.11. The van der Waals surface area contributed by atoms with Gasteiger partial charge in [-0.1, -0.05) is 18.2 Å². The van der Waals surface area contributed by atoms with E-state index in [0.717, 1.165) is 15.8 Å². The van der Waals surface area contributed by atoms with Crippen LogP contribution < -0.4 is 5.48 Å². The molecular formula is C18H15N3O3S. The van der Waals surface area contributed by atoms with Crippen LogP contribution in [0.4, 0.5) is 0 Å². The molecule has 1 aliphatic rings. The van der Waals surface area contributed by atoms with Gasteiger partial charge in [-0.3, -0.25) is 19.8 Å². The molecule has 126 valence electrons. The summed E-state index contributed by atoms with van der Waals surface area (Å²) in [7, 11) is 0. The molecule has 0 unspecified atom stereocenters. The van der Waals surface area contributed by atoms with Gasteiger partial charge in [0.2, 0.25) is 0 Å². The van der Waals surface area contributed by atoms with Crippen LogP contribution in [0.1, 0.15) is 30.5 Å². The number of carbonyl (C=O) groups is 2. The average Bonchev–Trinajstić information content (AvgIpc) is 3.09. The van der Waals surface area contributed by atoms with Gasteiger partial charge in [-0.05, 0) is 30.2 Å². The highest BCUT2D eigenvalue weighted by Gasteiger charge is 2.26. The Labute approximate surface area is 147 Å². The van der Waals surface area contributed by atoms with Gasteiger partial charge < -0.3 is 4.90 Å². The molecule has 1 aliphatic heterocycles. The number of thiophene rings is 1. The first kappa shape index (κ1) is 15.7. The summed E-state index contributed by atoms with van der Waals surface area (Å²) in [5.74, 6) is -0.577. The highest BCUT2D eigenvalue weighted by molar-refractivity contribution is 7.14. The number of nitrogens with zero attached hydrogens (tertiary/aromatic N) is 2. The van der Waals surface area contributed by atoms with Crippen LogP contribution in [0.5, 0.6) is 0 Å². The van der Waals surface area contributed by atoms with E-state index in [1.54, 1.807) is 28.7 Å². The highest BCUT2D eigenvalue weighted by Crippen LogP contribution is 2.29. The Hall–Kier alpha value is -2.77. The minimum absolute atomic E-state index is 0.0588. The number of pyridine rings is 1. The number of hydroxylamine groups is 1. The van der Waals surface area contributed by atoms with Gasteiger partial charge in [0.05, 0.1) is 22.5 Å². The first-order chi connectivity index (χ1) is 12.2. The van der Waals surface area contributed by atoms with Crippen molar-refractivity contribution in [3.05, 3.63) is 63.5 Å². The van der Waals surface area contributed by atoms with Gasteiger partial charge in [0.25, 0.3) is 11.8 Å². The Morgan fingerprint density at radius 1 is 1.24 bits per heavy atom. The van der Waals surface area contributed by atoms with E-state index in [9.17, 15) is 9.59 Å². The second kappa shape index (κ2) is 6.27. The topological polar surface area (TPSA) is 82.5 Å². The molecule has 2 N–H and O–H groups in total. The van der Waals surface area contributed by atoms with Gasteiger partial charge in [0.1, 0.15) is 0 Å². The van der Waals surface area contributed by atoms with Crippen LogP contribution >= 0.6 is 11.3 Å². The summed E-state index contributed by atoms with van der Waals surface area (Å²) in [6.07, 6.45) is 2.38. The summed E-state index contributed by atoms with van der Waals surface area (Å²) < 4.78 is 0. The molecule has 0 spiro atoms. The van der Waals surface area contributed by atoms with Crippen LogP contribution in [0.2, 0.25) is 0 Å². The first-order valence-electron chi connectivity index (χ1n) is 7.86. The maximum absolute atomic E-state index is 13.0. The second-order valence-electron chi connectivity index (χ2n) is 5.86. The van der Waals surface area contributed by atoms with Gasteiger partial charge in [0.15, 0.2) is 0 Å². The Morgan fingerprint density at radius 2 is 2.08 bits per heavy atom. The second-order valence-corrected chi connectivity index (χ2v) is 6.99. The monoisotopic (exact) mass is 353 g/mol. The standard InChI is InChI=1S/C18H15N3O3S/c22-17(20-24)14-9-12-6-8-21(10-15(12)25-14)18(23)13-5-1-3-11-4-2-7-19-16(11)13/h1-5,7,9,24H,6,8,10H2,(H,20,22). The van der Waals surface area contributed by atoms with Crippen LogP contribution in [0.25, 0.3) is 10.9 Å². The van der Waals surface area contributed by atoms with E-state index in [1.165, 1.54) is 11.3 Å². The van der Waals surface area contributed by atoms with Gasteiger partial charge in [-0.25, -0.2) is 5.48 Å². The molecule has 0 bridgehead atoms. The summed E-state index contributed by atoms with van der Waals surface area (Å²) in [6.45, 7) is 1.05. The lowest BCUT2D eigenvalue weighted by molar-refractivity contribution is 0.0709. The fourth-order valence-corrected chi connectivity index (χ4v) is 4.22. The smallest absolute Gasteiger partial charge is 0.284 e. The van der Waals surface area contributed by atoms with Crippen LogP contribution in [-0.2, 0) is 13.0 Å². The van der Waals surface area contributed by atoms with E-state index >= 15 is 0 Å².